The summed E-state index contributed by atoms with van der Waals surface area (Å²) in [6.07, 6.45) is 4.63. The largest absolute Gasteiger partial charge is 0.344 e. The van der Waals surface area contributed by atoms with Crippen LogP contribution in [0.2, 0.25) is 0 Å². The first kappa shape index (κ1) is 23.0. The maximum absolute atomic E-state index is 12.3. The Hall–Kier alpha value is -2.08. The highest BCUT2D eigenvalue weighted by molar-refractivity contribution is 7.40. The zero-order chi connectivity index (χ0) is 20.6. The summed E-state index contributed by atoms with van der Waals surface area (Å²) in [4.78, 5) is 59.6. The molecule has 0 aliphatic carbocycles. The molecule has 0 aromatic heterocycles. The smallest absolute Gasteiger partial charge is 0.253 e. The molecule has 150 valence electrons. The number of nitrogens with one attached hydrogen (secondary N) is 2. The number of amides is 4. The average molecular weight is 397 g/mol. The quantitative estimate of drug-likeness (QED) is 0.300. The molecule has 1 rings (SSSR count). The van der Waals surface area contributed by atoms with Gasteiger partial charge in [0.2, 0.25) is 11.8 Å². The minimum absolute atomic E-state index is 0.125. The molecule has 8 nitrogen and oxygen atoms in total. The summed E-state index contributed by atoms with van der Waals surface area (Å²) in [5.41, 5.74) is -0.234. The van der Waals surface area contributed by atoms with E-state index in [-0.39, 0.29) is 41.5 Å². The van der Waals surface area contributed by atoms with Crippen LogP contribution in [-0.2, 0) is 24.0 Å². The molecule has 1 aliphatic rings. The first-order valence-electron chi connectivity index (χ1n) is 9.06. The van der Waals surface area contributed by atoms with Crippen LogP contribution in [0.3, 0.4) is 0 Å². The number of rotatable bonds is 11. The van der Waals surface area contributed by atoms with Crippen molar-refractivity contribution in [2.45, 2.75) is 58.5 Å². The van der Waals surface area contributed by atoms with Gasteiger partial charge in [-0.1, -0.05) is 29.5 Å². The van der Waals surface area contributed by atoms with Crippen LogP contribution >= 0.6 is 9.24 Å². The SMILES string of the molecule is CC(C)[C@H](NC(=O)CCCCCN1C(=O)C=CC1=O)C(=O)N[C@@H](C)C(=O)P. The van der Waals surface area contributed by atoms with Crippen molar-refractivity contribution in [1.82, 2.24) is 15.5 Å². The molecule has 3 atom stereocenters. The molecule has 27 heavy (non-hydrogen) atoms. The minimum atomic E-state index is -0.713. The third-order valence-corrected chi connectivity index (χ3v) is 4.74. The van der Waals surface area contributed by atoms with E-state index in [0.717, 1.165) is 0 Å². The van der Waals surface area contributed by atoms with Crippen LogP contribution in [0.15, 0.2) is 12.2 Å². The van der Waals surface area contributed by atoms with Crippen LogP contribution in [0.4, 0.5) is 0 Å². The van der Waals surface area contributed by atoms with Crippen LogP contribution < -0.4 is 10.6 Å². The van der Waals surface area contributed by atoms with Crippen molar-refractivity contribution in [2.75, 3.05) is 6.54 Å². The molecule has 2 N–H and O–H groups in total. The van der Waals surface area contributed by atoms with Crippen molar-refractivity contribution in [3.05, 3.63) is 12.2 Å². The zero-order valence-corrected chi connectivity index (χ0v) is 17.1. The Labute approximate surface area is 161 Å². The van der Waals surface area contributed by atoms with E-state index < -0.39 is 12.1 Å². The summed E-state index contributed by atoms with van der Waals surface area (Å²) >= 11 is 0. The fourth-order valence-corrected chi connectivity index (χ4v) is 2.62. The molecule has 0 fully saturated rings. The van der Waals surface area contributed by atoms with Gasteiger partial charge in [-0.25, -0.2) is 0 Å². The van der Waals surface area contributed by atoms with Crippen molar-refractivity contribution in [3.63, 3.8) is 0 Å². The predicted molar refractivity (Wildman–Crippen MR) is 103 cm³/mol. The van der Waals surface area contributed by atoms with Crippen molar-refractivity contribution in [2.24, 2.45) is 5.92 Å². The van der Waals surface area contributed by atoms with E-state index >= 15 is 0 Å². The topological polar surface area (TPSA) is 113 Å². The number of imide groups is 1. The van der Waals surface area contributed by atoms with Gasteiger partial charge in [0, 0.05) is 25.1 Å². The number of nitrogens with zero attached hydrogens (tertiary/aromatic N) is 1. The summed E-state index contributed by atoms with van der Waals surface area (Å²) < 4.78 is 0. The normalized spacial score (nSPS) is 15.8. The maximum atomic E-state index is 12.3. The first-order valence-corrected chi connectivity index (χ1v) is 9.63. The molecule has 4 amide bonds. The molecule has 0 aromatic rings. The molecule has 0 saturated carbocycles. The number of hydrogen-bond acceptors (Lipinski definition) is 5. The molecule has 0 saturated heterocycles. The van der Waals surface area contributed by atoms with Gasteiger partial charge in [-0.15, -0.1) is 0 Å². The van der Waals surface area contributed by atoms with Gasteiger partial charge in [-0.05, 0) is 25.7 Å². The average Bonchev–Trinajstić information content (AvgIpc) is 2.90. The van der Waals surface area contributed by atoms with E-state index in [0.29, 0.717) is 25.8 Å². The Morgan fingerprint density at radius 3 is 2.11 bits per heavy atom. The second kappa shape index (κ2) is 10.9. The van der Waals surface area contributed by atoms with E-state index in [9.17, 15) is 24.0 Å². The van der Waals surface area contributed by atoms with E-state index in [4.69, 9.17) is 0 Å². The van der Waals surface area contributed by atoms with Gasteiger partial charge in [-0.2, -0.15) is 0 Å². The van der Waals surface area contributed by atoms with Crippen LogP contribution in [0.5, 0.6) is 0 Å². The van der Waals surface area contributed by atoms with Crippen LogP contribution in [-0.4, -0.2) is 52.7 Å². The van der Waals surface area contributed by atoms with Gasteiger partial charge in [-0.3, -0.25) is 28.9 Å². The Kier molecular flexibility index (Phi) is 9.29. The minimum Gasteiger partial charge on any atom is -0.344 e. The summed E-state index contributed by atoms with van der Waals surface area (Å²) in [6, 6.07) is -1.35. The van der Waals surface area contributed by atoms with Crippen molar-refractivity contribution in [1.29, 1.82) is 0 Å². The Balaban J connectivity index is 2.33. The lowest BCUT2D eigenvalue weighted by atomic mass is 10.0. The van der Waals surface area contributed by atoms with Crippen LogP contribution in [0.1, 0.15) is 46.5 Å². The Bertz CT molecular complexity index is 614. The Morgan fingerprint density at radius 1 is 1.00 bits per heavy atom. The lowest BCUT2D eigenvalue weighted by Gasteiger charge is -2.23. The van der Waals surface area contributed by atoms with Crippen molar-refractivity contribution in [3.8, 4) is 0 Å². The lowest BCUT2D eigenvalue weighted by molar-refractivity contribution is -0.137. The fraction of sp³-hybridized carbons (Fsp3) is 0.611. The zero-order valence-electron chi connectivity index (χ0n) is 16.0. The Morgan fingerprint density at radius 2 is 1.59 bits per heavy atom. The molecular weight excluding hydrogens is 369 g/mol. The molecule has 0 radical (unpaired) electrons. The fourth-order valence-electron chi connectivity index (χ4n) is 2.54. The molecule has 9 heteroatoms. The van der Waals surface area contributed by atoms with E-state index in [1.807, 2.05) is 23.1 Å². The predicted octanol–water partition coefficient (Wildman–Crippen LogP) is 0.519. The van der Waals surface area contributed by atoms with E-state index in [1.54, 1.807) is 6.92 Å². The number of unbranched alkanes of at least 4 members (excludes halogenated alkanes) is 2. The van der Waals surface area contributed by atoms with Crippen molar-refractivity contribution >= 4 is 38.4 Å². The highest BCUT2D eigenvalue weighted by Crippen LogP contribution is 2.09. The molecule has 1 heterocycles. The summed E-state index contributed by atoms with van der Waals surface area (Å²) in [6.45, 7) is 5.55. The van der Waals surface area contributed by atoms with E-state index in [1.165, 1.54) is 17.1 Å². The van der Waals surface area contributed by atoms with Gasteiger partial charge in [0.1, 0.15) is 6.04 Å². The third-order valence-electron chi connectivity index (χ3n) is 4.24. The molecule has 1 aliphatic heterocycles. The number of carbonyl (C=O) groups is 5. The summed E-state index contributed by atoms with van der Waals surface area (Å²) in [5, 5.41) is 5.29. The first-order chi connectivity index (χ1) is 12.6. The molecule has 1 unspecified atom stereocenters. The monoisotopic (exact) mass is 397 g/mol. The molecule has 0 spiro atoms. The van der Waals surface area contributed by atoms with E-state index in [2.05, 4.69) is 10.6 Å². The highest BCUT2D eigenvalue weighted by atomic mass is 31.0. The van der Waals surface area contributed by atoms with Gasteiger partial charge >= 0.3 is 0 Å². The molecule has 0 aromatic carbocycles. The van der Waals surface area contributed by atoms with Gasteiger partial charge in [0.25, 0.3) is 11.8 Å². The number of hydrogen-bond donors (Lipinski definition) is 2. The summed E-state index contributed by atoms with van der Waals surface area (Å²) in [5.74, 6) is -1.37. The molecular formula is C18H28N3O5P. The highest BCUT2D eigenvalue weighted by Gasteiger charge is 2.26. The third kappa shape index (κ3) is 7.59. The lowest BCUT2D eigenvalue weighted by Crippen LogP contribution is -2.52. The second-order valence-corrected chi connectivity index (χ2v) is 7.46. The van der Waals surface area contributed by atoms with Gasteiger partial charge < -0.3 is 10.6 Å². The van der Waals surface area contributed by atoms with Gasteiger partial charge in [0.05, 0.1) is 6.04 Å². The van der Waals surface area contributed by atoms with Crippen LogP contribution in [0.25, 0.3) is 0 Å². The second-order valence-electron chi connectivity index (χ2n) is 6.89. The summed E-state index contributed by atoms with van der Waals surface area (Å²) in [7, 11) is 2.02. The van der Waals surface area contributed by atoms with Gasteiger partial charge in [0.15, 0.2) is 5.52 Å². The van der Waals surface area contributed by atoms with Crippen molar-refractivity contribution < 1.29 is 24.0 Å². The number of carbonyl (C=O) groups excluding carboxylic acids is 5. The standard InChI is InChI=1S/C18H28N3O5P/c1-11(2)16(17(25)19-12(3)18(26)27)20-13(22)7-5-4-6-10-21-14(23)8-9-15(21)24/h8-9,11-12,16H,4-7,10,27H2,1-3H3,(H,19,25)(H,20,22)/t12-,16-/m0/s1. The molecule has 0 bridgehead atoms. The van der Waals surface area contributed by atoms with Crippen LogP contribution in [0, 0.1) is 5.92 Å². The maximum Gasteiger partial charge on any atom is 0.253 e.